The maximum absolute atomic E-state index is 13.3. The summed E-state index contributed by atoms with van der Waals surface area (Å²) < 4.78 is 16.8. The fourth-order valence-corrected chi connectivity index (χ4v) is 4.17. The van der Waals surface area contributed by atoms with E-state index in [1.165, 1.54) is 7.11 Å². The van der Waals surface area contributed by atoms with Crippen molar-refractivity contribution in [1.29, 1.82) is 0 Å². The van der Waals surface area contributed by atoms with Crippen LogP contribution in [0.5, 0.6) is 5.75 Å². The summed E-state index contributed by atoms with van der Waals surface area (Å²) in [5.41, 5.74) is 1.43. The Balaban J connectivity index is 1.52. The van der Waals surface area contributed by atoms with Gasteiger partial charge in [-0.25, -0.2) is 0 Å². The summed E-state index contributed by atoms with van der Waals surface area (Å²) in [5, 5.41) is 2.83. The number of benzene rings is 2. The number of nitrogens with one attached hydrogen (secondary N) is 1. The van der Waals surface area contributed by atoms with Gasteiger partial charge in [0, 0.05) is 18.3 Å². The van der Waals surface area contributed by atoms with E-state index in [4.69, 9.17) is 14.2 Å². The number of hydrogen-bond donors (Lipinski definition) is 1. The molecule has 2 heterocycles. The van der Waals surface area contributed by atoms with Crippen LogP contribution >= 0.6 is 0 Å². The van der Waals surface area contributed by atoms with Gasteiger partial charge < -0.3 is 24.4 Å². The second-order valence-corrected chi connectivity index (χ2v) is 7.98. The molecule has 168 valence electrons. The molecule has 8 heteroatoms. The maximum atomic E-state index is 13.3. The van der Waals surface area contributed by atoms with Gasteiger partial charge in [-0.05, 0) is 43.2 Å². The van der Waals surface area contributed by atoms with Crippen LogP contribution in [0.25, 0.3) is 0 Å². The summed E-state index contributed by atoms with van der Waals surface area (Å²) in [7, 11) is 3.10. The Hall–Kier alpha value is -3.39. The van der Waals surface area contributed by atoms with E-state index in [2.05, 4.69) is 5.32 Å². The Morgan fingerprint density at radius 1 is 1.16 bits per heavy atom. The van der Waals surface area contributed by atoms with E-state index in [-0.39, 0.29) is 49.1 Å². The zero-order valence-electron chi connectivity index (χ0n) is 18.1. The number of esters is 1. The van der Waals surface area contributed by atoms with Gasteiger partial charge in [-0.2, -0.15) is 0 Å². The third-order valence-corrected chi connectivity index (χ3v) is 5.93. The number of ether oxygens (including phenoxy) is 3. The average Bonchev–Trinajstić information content (AvgIpc) is 2.82. The topological polar surface area (TPSA) is 94.2 Å². The zero-order valence-corrected chi connectivity index (χ0v) is 18.1. The van der Waals surface area contributed by atoms with Gasteiger partial charge >= 0.3 is 5.97 Å². The summed E-state index contributed by atoms with van der Waals surface area (Å²) in [4.78, 5) is 39.0. The second-order valence-electron chi connectivity index (χ2n) is 7.98. The minimum Gasteiger partial charge on any atom is -0.490 e. The Kier molecular flexibility index (Phi) is 6.41. The SMILES string of the molecule is COC(=O)C[C@H]1CC[C@H]2[C@@H](COc3ccc(NC(=O)c4ccccc4)cc3C(=O)N2C)O1. The largest absolute Gasteiger partial charge is 0.490 e. The third kappa shape index (κ3) is 4.60. The highest BCUT2D eigenvalue weighted by molar-refractivity contribution is 6.05. The van der Waals surface area contributed by atoms with Crippen molar-refractivity contribution in [3.63, 3.8) is 0 Å². The second kappa shape index (κ2) is 9.40. The standard InChI is InChI=1S/C24H26N2O6/c1-26-19-10-9-17(13-22(27)30-2)32-21(19)14-31-20-11-8-16(12-18(20)24(26)29)25-23(28)15-6-4-3-5-7-15/h3-8,11-12,17,19,21H,9-10,13-14H2,1-2H3,(H,25,28)/t17-,19+,21-/m1/s1. The smallest absolute Gasteiger partial charge is 0.308 e. The van der Waals surface area contributed by atoms with Crippen molar-refractivity contribution in [2.75, 3.05) is 26.1 Å². The van der Waals surface area contributed by atoms with Gasteiger partial charge in [0.2, 0.25) is 0 Å². The lowest BCUT2D eigenvalue weighted by Gasteiger charge is -2.42. The molecular weight excluding hydrogens is 412 g/mol. The first-order valence-corrected chi connectivity index (χ1v) is 10.6. The fraction of sp³-hybridized carbons (Fsp3) is 0.375. The molecular formula is C24H26N2O6. The molecule has 8 nitrogen and oxygen atoms in total. The number of fused-ring (bicyclic) bond motifs is 2. The van der Waals surface area contributed by atoms with Crippen LogP contribution in [0.15, 0.2) is 48.5 Å². The van der Waals surface area contributed by atoms with Crippen LogP contribution in [0, 0.1) is 0 Å². The lowest BCUT2D eigenvalue weighted by molar-refractivity contribution is -0.151. The van der Waals surface area contributed by atoms with Crippen molar-refractivity contribution in [2.24, 2.45) is 0 Å². The van der Waals surface area contributed by atoms with Crippen molar-refractivity contribution in [3.05, 3.63) is 59.7 Å². The minimum absolute atomic E-state index is 0.174. The summed E-state index contributed by atoms with van der Waals surface area (Å²) >= 11 is 0. The van der Waals surface area contributed by atoms with Gasteiger partial charge in [-0.3, -0.25) is 14.4 Å². The molecule has 0 radical (unpaired) electrons. The van der Waals surface area contributed by atoms with Crippen molar-refractivity contribution in [3.8, 4) is 5.75 Å². The van der Waals surface area contributed by atoms with Gasteiger partial charge in [0.05, 0.1) is 31.2 Å². The highest BCUT2D eigenvalue weighted by Crippen LogP contribution is 2.32. The highest BCUT2D eigenvalue weighted by atomic mass is 16.5. The molecule has 2 aliphatic rings. The van der Waals surface area contributed by atoms with Crippen LogP contribution in [0.4, 0.5) is 5.69 Å². The molecule has 2 aliphatic heterocycles. The van der Waals surface area contributed by atoms with Crippen LogP contribution in [0.1, 0.15) is 40.0 Å². The fourth-order valence-electron chi connectivity index (χ4n) is 4.17. The van der Waals surface area contributed by atoms with Crippen LogP contribution in [-0.2, 0) is 14.3 Å². The number of rotatable bonds is 4. The summed E-state index contributed by atoms with van der Waals surface area (Å²) in [6.07, 6.45) is 0.910. The van der Waals surface area contributed by atoms with Crippen molar-refractivity contribution < 1.29 is 28.6 Å². The van der Waals surface area contributed by atoms with Crippen LogP contribution in [0.2, 0.25) is 0 Å². The van der Waals surface area contributed by atoms with Crippen molar-refractivity contribution in [2.45, 2.75) is 37.5 Å². The summed E-state index contributed by atoms with van der Waals surface area (Å²) in [5.74, 6) is -0.354. The number of hydrogen-bond acceptors (Lipinski definition) is 6. The Labute approximate surface area is 186 Å². The maximum Gasteiger partial charge on any atom is 0.308 e. The molecule has 2 aromatic carbocycles. The molecule has 1 N–H and O–H groups in total. The van der Waals surface area contributed by atoms with Crippen molar-refractivity contribution in [1.82, 2.24) is 4.90 Å². The van der Waals surface area contributed by atoms with Crippen LogP contribution in [-0.4, -0.2) is 61.7 Å². The number of carbonyl (C=O) groups excluding carboxylic acids is 3. The molecule has 0 aliphatic carbocycles. The lowest BCUT2D eigenvalue weighted by Crippen LogP contribution is -2.53. The molecule has 2 amide bonds. The lowest BCUT2D eigenvalue weighted by atomic mass is 9.94. The van der Waals surface area contributed by atoms with Gasteiger partial charge in [-0.15, -0.1) is 0 Å². The molecule has 0 bridgehead atoms. The molecule has 3 atom stereocenters. The zero-order chi connectivity index (χ0) is 22.7. The molecule has 32 heavy (non-hydrogen) atoms. The minimum atomic E-state index is -0.349. The van der Waals surface area contributed by atoms with E-state index in [1.54, 1.807) is 54.4 Å². The van der Waals surface area contributed by atoms with E-state index < -0.39 is 0 Å². The Morgan fingerprint density at radius 2 is 1.94 bits per heavy atom. The predicted octanol–water partition coefficient (Wildman–Crippen LogP) is 2.88. The number of carbonyl (C=O) groups is 3. The summed E-state index contributed by atoms with van der Waals surface area (Å²) in [6, 6.07) is 13.7. The molecule has 1 saturated heterocycles. The predicted molar refractivity (Wildman–Crippen MR) is 117 cm³/mol. The third-order valence-electron chi connectivity index (χ3n) is 5.93. The molecule has 0 aromatic heterocycles. The normalized spacial score (nSPS) is 22.5. The van der Waals surface area contributed by atoms with E-state index in [9.17, 15) is 14.4 Å². The van der Waals surface area contributed by atoms with E-state index in [0.29, 0.717) is 35.4 Å². The van der Waals surface area contributed by atoms with Crippen LogP contribution in [0.3, 0.4) is 0 Å². The first-order valence-electron chi connectivity index (χ1n) is 10.6. The van der Waals surface area contributed by atoms with Gasteiger partial charge in [0.15, 0.2) is 0 Å². The highest BCUT2D eigenvalue weighted by Gasteiger charge is 2.39. The van der Waals surface area contributed by atoms with Gasteiger partial charge in [0.25, 0.3) is 11.8 Å². The molecule has 0 spiro atoms. The number of anilines is 1. The van der Waals surface area contributed by atoms with Crippen LogP contribution < -0.4 is 10.1 Å². The number of methoxy groups -OCH3 is 1. The van der Waals surface area contributed by atoms with E-state index in [1.807, 2.05) is 6.07 Å². The molecule has 4 rings (SSSR count). The van der Waals surface area contributed by atoms with E-state index >= 15 is 0 Å². The summed E-state index contributed by atoms with van der Waals surface area (Å²) in [6.45, 7) is 0.253. The Bertz CT molecular complexity index is 1010. The van der Waals surface area contributed by atoms with Gasteiger partial charge in [0.1, 0.15) is 18.5 Å². The number of likely N-dealkylation sites (N-methyl/N-ethyl adjacent to an activating group) is 1. The molecule has 1 fully saturated rings. The van der Waals surface area contributed by atoms with Crippen molar-refractivity contribution >= 4 is 23.5 Å². The molecule has 2 aromatic rings. The average molecular weight is 438 g/mol. The first kappa shape index (κ1) is 21.8. The van der Waals surface area contributed by atoms with E-state index in [0.717, 1.165) is 0 Å². The quantitative estimate of drug-likeness (QED) is 0.738. The van der Waals surface area contributed by atoms with Gasteiger partial charge in [-0.1, -0.05) is 18.2 Å². The molecule has 0 saturated carbocycles. The molecule has 0 unspecified atom stereocenters. The monoisotopic (exact) mass is 438 g/mol. The number of amides is 2. The first-order chi connectivity index (χ1) is 15.5. The Morgan fingerprint density at radius 3 is 2.69 bits per heavy atom. The number of nitrogens with zero attached hydrogens (tertiary/aromatic N) is 1.